The van der Waals surface area contributed by atoms with Gasteiger partial charge >= 0.3 is 0 Å². The van der Waals surface area contributed by atoms with Crippen molar-refractivity contribution in [3.63, 3.8) is 0 Å². The van der Waals surface area contributed by atoms with Crippen molar-refractivity contribution in [1.82, 2.24) is 0 Å². The summed E-state index contributed by atoms with van der Waals surface area (Å²) in [7, 11) is 0. The van der Waals surface area contributed by atoms with Gasteiger partial charge in [-0.3, -0.25) is 0 Å². The molecule has 78 valence electrons. The third-order valence-corrected chi connectivity index (χ3v) is 2.17. The lowest BCUT2D eigenvalue weighted by molar-refractivity contribution is 0.158. The fourth-order valence-corrected chi connectivity index (χ4v) is 1.33. The predicted octanol–water partition coefficient (Wildman–Crippen LogP) is 3.19. The number of unbranched alkanes of at least 4 members (excludes halogenated alkanes) is 1. The van der Waals surface area contributed by atoms with Gasteiger partial charge in [-0.25, -0.2) is 8.78 Å². The second-order valence-electron chi connectivity index (χ2n) is 3.30. The summed E-state index contributed by atoms with van der Waals surface area (Å²) < 4.78 is 25.9. The number of aliphatic hydroxyl groups is 1. The lowest BCUT2D eigenvalue weighted by Gasteiger charge is -2.11. The van der Waals surface area contributed by atoms with Gasteiger partial charge in [0.25, 0.3) is 0 Å². The van der Waals surface area contributed by atoms with E-state index in [1.54, 1.807) is 0 Å². The number of benzene rings is 1. The fraction of sp³-hybridized carbons (Fsp3) is 0.455. The van der Waals surface area contributed by atoms with Crippen LogP contribution >= 0.6 is 0 Å². The maximum absolute atomic E-state index is 13.1. The molecule has 0 aromatic heterocycles. The molecular weight excluding hydrogens is 186 g/mol. The van der Waals surface area contributed by atoms with Crippen molar-refractivity contribution in [3.8, 4) is 0 Å². The Morgan fingerprint density at radius 1 is 1.36 bits per heavy atom. The summed E-state index contributed by atoms with van der Waals surface area (Å²) in [6.07, 6.45) is 1.30. The van der Waals surface area contributed by atoms with E-state index in [1.807, 2.05) is 6.92 Å². The highest BCUT2D eigenvalue weighted by atomic mass is 19.2. The van der Waals surface area contributed by atoms with Crippen LogP contribution in [0.4, 0.5) is 8.78 Å². The van der Waals surface area contributed by atoms with Crippen molar-refractivity contribution >= 4 is 0 Å². The molecule has 0 amide bonds. The molecule has 1 aromatic rings. The van der Waals surface area contributed by atoms with Crippen molar-refractivity contribution in [1.29, 1.82) is 0 Å². The molecule has 1 unspecified atom stereocenters. The average molecular weight is 200 g/mol. The Morgan fingerprint density at radius 2 is 2.07 bits per heavy atom. The quantitative estimate of drug-likeness (QED) is 0.791. The van der Waals surface area contributed by atoms with Crippen molar-refractivity contribution < 1.29 is 13.9 Å². The highest BCUT2D eigenvalue weighted by Crippen LogP contribution is 2.23. The van der Waals surface area contributed by atoms with Crippen LogP contribution in [0.3, 0.4) is 0 Å². The van der Waals surface area contributed by atoms with Crippen LogP contribution in [0.25, 0.3) is 0 Å². The van der Waals surface area contributed by atoms with Crippen LogP contribution in [-0.4, -0.2) is 5.11 Å². The first-order valence-corrected chi connectivity index (χ1v) is 4.78. The number of aliphatic hydroxyl groups excluding tert-OH is 1. The van der Waals surface area contributed by atoms with E-state index < -0.39 is 17.7 Å². The average Bonchev–Trinajstić information content (AvgIpc) is 2.18. The number of hydrogen-bond donors (Lipinski definition) is 1. The Kier molecular flexibility index (Phi) is 4.01. The second-order valence-corrected chi connectivity index (χ2v) is 3.30. The molecule has 1 rings (SSSR count). The van der Waals surface area contributed by atoms with E-state index in [-0.39, 0.29) is 5.56 Å². The van der Waals surface area contributed by atoms with Crippen molar-refractivity contribution in [2.24, 2.45) is 0 Å². The Labute approximate surface area is 82.4 Å². The second kappa shape index (κ2) is 5.05. The molecular formula is C11H14F2O. The lowest BCUT2D eigenvalue weighted by Crippen LogP contribution is -2.02. The zero-order chi connectivity index (χ0) is 10.6. The molecule has 1 aromatic carbocycles. The van der Waals surface area contributed by atoms with Crippen molar-refractivity contribution in [3.05, 3.63) is 35.4 Å². The van der Waals surface area contributed by atoms with E-state index >= 15 is 0 Å². The van der Waals surface area contributed by atoms with Gasteiger partial charge in [0.1, 0.15) is 0 Å². The van der Waals surface area contributed by atoms with Gasteiger partial charge < -0.3 is 5.11 Å². The fourth-order valence-electron chi connectivity index (χ4n) is 1.33. The summed E-state index contributed by atoms with van der Waals surface area (Å²) in [5.41, 5.74) is 0.0541. The highest BCUT2D eigenvalue weighted by Gasteiger charge is 2.14. The third-order valence-electron chi connectivity index (χ3n) is 2.17. The Hall–Kier alpha value is -0.960. The molecule has 0 heterocycles. The van der Waals surface area contributed by atoms with Crippen LogP contribution < -0.4 is 0 Å². The van der Waals surface area contributed by atoms with Crippen LogP contribution in [0.2, 0.25) is 0 Å². The molecule has 0 spiro atoms. The first-order valence-electron chi connectivity index (χ1n) is 4.78. The molecule has 0 fully saturated rings. The van der Waals surface area contributed by atoms with Gasteiger partial charge in [0.15, 0.2) is 11.6 Å². The number of rotatable bonds is 4. The van der Waals surface area contributed by atoms with Gasteiger partial charge in [-0.05, 0) is 12.5 Å². The summed E-state index contributed by atoms with van der Waals surface area (Å²) in [6.45, 7) is 1.98. The van der Waals surface area contributed by atoms with E-state index in [1.165, 1.54) is 12.1 Å². The van der Waals surface area contributed by atoms with Crippen molar-refractivity contribution in [2.75, 3.05) is 0 Å². The van der Waals surface area contributed by atoms with Crippen LogP contribution in [0.5, 0.6) is 0 Å². The third kappa shape index (κ3) is 2.51. The van der Waals surface area contributed by atoms with Gasteiger partial charge in [0.05, 0.1) is 6.10 Å². The van der Waals surface area contributed by atoms with Crippen LogP contribution in [-0.2, 0) is 0 Å². The van der Waals surface area contributed by atoms with E-state index in [2.05, 4.69) is 0 Å². The molecule has 0 saturated heterocycles. The van der Waals surface area contributed by atoms with Crippen LogP contribution in [0.1, 0.15) is 37.9 Å². The molecule has 3 heteroatoms. The first-order chi connectivity index (χ1) is 6.66. The molecule has 1 N–H and O–H groups in total. The van der Waals surface area contributed by atoms with Gasteiger partial charge in [-0.1, -0.05) is 31.9 Å². The van der Waals surface area contributed by atoms with E-state index in [9.17, 15) is 13.9 Å². The standard InChI is InChI=1S/C11H14F2O/c1-2-3-7-10(14)8-5-4-6-9(12)11(8)13/h4-6,10,14H,2-3,7H2,1H3. The molecule has 0 saturated carbocycles. The van der Waals surface area contributed by atoms with Gasteiger partial charge in [0, 0.05) is 5.56 Å². The molecule has 0 bridgehead atoms. The first kappa shape index (κ1) is 11.1. The smallest absolute Gasteiger partial charge is 0.164 e. The number of halogens is 2. The Balaban J connectivity index is 2.79. The summed E-state index contributed by atoms with van der Waals surface area (Å²) in [6, 6.07) is 3.87. The van der Waals surface area contributed by atoms with Gasteiger partial charge in [-0.15, -0.1) is 0 Å². The topological polar surface area (TPSA) is 20.2 Å². The van der Waals surface area contributed by atoms with Crippen molar-refractivity contribution in [2.45, 2.75) is 32.3 Å². The van der Waals surface area contributed by atoms with Gasteiger partial charge in [0.2, 0.25) is 0 Å². The van der Waals surface area contributed by atoms with Gasteiger partial charge in [-0.2, -0.15) is 0 Å². The highest BCUT2D eigenvalue weighted by molar-refractivity contribution is 5.21. The largest absolute Gasteiger partial charge is 0.388 e. The zero-order valence-electron chi connectivity index (χ0n) is 8.13. The molecule has 0 aliphatic rings. The maximum atomic E-state index is 13.1. The summed E-state index contributed by atoms with van der Waals surface area (Å²) >= 11 is 0. The van der Waals surface area contributed by atoms with Crippen LogP contribution in [0.15, 0.2) is 18.2 Å². The molecule has 0 radical (unpaired) electrons. The predicted molar refractivity (Wildman–Crippen MR) is 50.8 cm³/mol. The molecule has 0 aliphatic carbocycles. The zero-order valence-corrected chi connectivity index (χ0v) is 8.13. The Morgan fingerprint density at radius 3 is 2.71 bits per heavy atom. The molecule has 1 nitrogen and oxygen atoms in total. The number of hydrogen-bond acceptors (Lipinski definition) is 1. The minimum atomic E-state index is -0.934. The normalized spacial score (nSPS) is 12.9. The lowest BCUT2D eigenvalue weighted by atomic mass is 10.0. The summed E-state index contributed by atoms with van der Waals surface area (Å²) in [5, 5.41) is 9.55. The monoisotopic (exact) mass is 200 g/mol. The minimum Gasteiger partial charge on any atom is -0.388 e. The minimum absolute atomic E-state index is 0.0541. The van der Waals surface area contributed by atoms with E-state index in [0.29, 0.717) is 6.42 Å². The molecule has 14 heavy (non-hydrogen) atoms. The molecule has 1 atom stereocenters. The SMILES string of the molecule is CCCCC(O)c1cccc(F)c1F. The van der Waals surface area contributed by atoms with Crippen LogP contribution in [0, 0.1) is 11.6 Å². The summed E-state index contributed by atoms with van der Waals surface area (Å²) in [5.74, 6) is -1.84. The Bertz CT molecular complexity index is 299. The molecule has 0 aliphatic heterocycles. The van der Waals surface area contributed by atoms with E-state index in [4.69, 9.17) is 0 Å². The van der Waals surface area contributed by atoms with E-state index in [0.717, 1.165) is 18.9 Å². The maximum Gasteiger partial charge on any atom is 0.164 e. The summed E-state index contributed by atoms with van der Waals surface area (Å²) in [4.78, 5) is 0.